The van der Waals surface area contributed by atoms with Crippen LogP contribution in [0.5, 0.6) is 0 Å². The molecule has 4 N–H and O–H groups in total. The molecule has 0 aromatic carbocycles. The highest BCUT2D eigenvalue weighted by molar-refractivity contribution is 5.94. The summed E-state index contributed by atoms with van der Waals surface area (Å²) in [6, 6.07) is 0. The second-order valence-electron chi connectivity index (χ2n) is 2.77. The molecule has 0 spiro atoms. The Morgan fingerprint density at radius 3 is 2.31 bits per heavy atom. The van der Waals surface area contributed by atoms with E-state index < -0.39 is 24.9 Å². The minimum atomic E-state index is -1.55. The van der Waals surface area contributed by atoms with E-state index in [-0.39, 0.29) is 5.71 Å². The highest BCUT2D eigenvalue weighted by atomic mass is 16.6. The molecule has 16 heavy (non-hydrogen) atoms. The molecule has 0 aromatic heterocycles. The molecule has 0 aromatic rings. The normalized spacial score (nSPS) is 18.2. The third kappa shape index (κ3) is 4.53. The van der Waals surface area contributed by atoms with E-state index in [9.17, 15) is 15.3 Å². The van der Waals surface area contributed by atoms with Crippen molar-refractivity contribution in [2.45, 2.75) is 18.3 Å². The lowest BCUT2D eigenvalue weighted by molar-refractivity contribution is 0.0768. The summed E-state index contributed by atoms with van der Waals surface area (Å²) in [6.45, 7) is -0.659. The van der Waals surface area contributed by atoms with Crippen LogP contribution in [0, 0.1) is 0 Å². The van der Waals surface area contributed by atoms with Crippen LogP contribution in [0.2, 0.25) is 0 Å². The molecule has 0 rings (SSSR count). The van der Waals surface area contributed by atoms with Gasteiger partial charge >= 0.3 is 0 Å². The van der Waals surface area contributed by atoms with Crippen molar-refractivity contribution < 1.29 is 30.1 Å². The Balaban J connectivity index is 4.67. The maximum Gasteiger partial charge on any atom is 0.129 e. The first-order valence-electron chi connectivity index (χ1n) is 4.41. The Morgan fingerprint density at radius 1 is 1.25 bits per heavy atom. The second-order valence-corrected chi connectivity index (χ2v) is 2.77. The molecule has 0 saturated carbocycles. The zero-order chi connectivity index (χ0) is 12.6. The topological polar surface area (TPSA) is 124 Å². The fourth-order valence-electron chi connectivity index (χ4n) is 0.891. The summed E-state index contributed by atoms with van der Waals surface area (Å²) in [6.07, 6.45) is -3.50. The molecule has 0 heterocycles. The summed E-state index contributed by atoms with van der Waals surface area (Å²) in [5, 5.41) is 43.5. The molecular weight excluding hydrogens is 220 g/mol. The molecule has 3 atom stereocenters. The summed E-state index contributed by atoms with van der Waals surface area (Å²) in [5.41, 5.74) is -0.306. The van der Waals surface area contributed by atoms with Gasteiger partial charge in [-0.1, -0.05) is 10.3 Å². The molecule has 0 radical (unpaired) electrons. The van der Waals surface area contributed by atoms with Gasteiger partial charge in [-0.25, -0.2) is 0 Å². The van der Waals surface area contributed by atoms with Crippen LogP contribution < -0.4 is 0 Å². The quantitative estimate of drug-likeness (QED) is 0.291. The molecule has 0 fully saturated rings. The number of aliphatic hydroxyl groups is 4. The van der Waals surface area contributed by atoms with Gasteiger partial charge in [0.1, 0.15) is 38.2 Å². The molecule has 0 saturated heterocycles. The van der Waals surface area contributed by atoms with E-state index in [0.29, 0.717) is 0 Å². The Hall–Kier alpha value is -1.22. The van der Waals surface area contributed by atoms with Crippen LogP contribution in [0.4, 0.5) is 0 Å². The van der Waals surface area contributed by atoms with E-state index in [2.05, 4.69) is 20.0 Å². The maximum absolute atomic E-state index is 9.56. The van der Waals surface area contributed by atoms with Gasteiger partial charge in [0.2, 0.25) is 0 Å². The predicted molar refractivity (Wildman–Crippen MR) is 55.1 cm³/mol. The maximum atomic E-state index is 9.56. The minimum Gasteiger partial charge on any atom is -0.399 e. The van der Waals surface area contributed by atoms with E-state index in [1.807, 2.05) is 0 Å². The summed E-state index contributed by atoms with van der Waals surface area (Å²) in [4.78, 5) is 8.68. The van der Waals surface area contributed by atoms with E-state index in [0.717, 1.165) is 6.21 Å². The van der Waals surface area contributed by atoms with Gasteiger partial charge in [-0.05, 0) is 0 Å². The number of hydrogen-bond donors (Lipinski definition) is 4. The van der Waals surface area contributed by atoms with Crippen LogP contribution in [-0.2, 0) is 9.68 Å². The van der Waals surface area contributed by atoms with Crippen molar-refractivity contribution in [1.82, 2.24) is 0 Å². The Morgan fingerprint density at radius 2 is 1.88 bits per heavy atom. The van der Waals surface area contributed by atoms with Crippen molar-refractivity contribution in [3.8, 4) is 0 Å². The zero-order valence-corrected chi connectivity index (χ0v) is 9.02. The molecule has 0 amide bonds. The first-order chi connectivity index (χ1) is 7.58. The predicted octanol–water partition coefficient (Wildman–Crippen LogP) is -2.30. The van der Waals surface area contributed by atoms with Crippen molar-refractivity contribution in [2.24, 2.45) is 10.3 Å². The van der Waals surface area contributed by atoms with E-state index >= 15 is 0 Å². The van der Waals surface area contributed by atoms with E-state index in [4.69, 9.17) is 5.11 Å². The Labute approximate surface area is 92.4 Å². The molecule has 3 unspecified atom stereocenters. The van der Waals surface area contributed by atoms with Crippen LogP contribution >= 0.6 is 0 Å². The van der Waals surface area contributed by atoms with Gasteiger partial charge in [-0.15, -0.1) is 0 Å². The number of aliphatic hydroxyl groups excluding tert-OH is 4. The largest absolute Gasteiger partial charge is 0.399 e. The van der Waals surface area contributed by atoms with Gasteiger partial charge < -0.3 is 30.1 Å². The van der Waals surface area contributed by atoms with E-state index in [1.54, 1.807) is 0 Å². The SMILES string of the molecule is CO/N=C(/C(O)CO)C(O)C(O)/C=N/OC. The summed E-state index contributed by atoms with van der Waals surface area (Å²) < 4.78 is 0. The van der Waals surface area contributed by atoms with Crippen molar-refractivity contribution in [3.63, 3.8) is 0 Å². The van der Waals surface area contributed by atoms with Crippen molar-refractivity contribution >= 4 is 11.9 Å². The molecular formula is C8H16N2O6. The smallest absolute Gasteiger partial charge is 0.129 e. The second kappa shape index (κ2) is 7.99. The number of oxime groups is 2. The molecule has 8 heteroatoms. The summed E-state index contributed by atoms with van der Waals surface area (Å²) >= 11 is 0. The highest BCUT2D eigenvalue weighted by Gasteiger charge is 2.27. The summed E-state index contributed by atoms with van der Waals surface area (Å²) in [5.74, 6) is 0. The fraction of sp³-hybridized carbons (Fsp3) is 0.750. The van der Waals surface area contributed by atoms with Gasteiger partial charge in [-0.3, -0.25) is 0 Å². The van der Waals surface area contributed by atoms with Crippen LogP contribution in [-0.4, -0.2) is 71.5 Å². The van der Waals surface area contributed by atoms with Crippen LogP contribution in [0.1, 0.15) is 0 Å². The highest BCUT2D eigenvalue weighted by Crippen LogP contribution is 2.01. The van der Waals surface area contributed by atoms with Crippen molar-refractivity contribution in [2.75, 3.05) is 20.8 Å². The van der Waals surface area contributed by atoms with Crippen molar-refractivity contribution in [1.29, 1.82) is 0 Å². The lowest BCUT2D eigenvalue weighted by atomic mass is 10.1. The average molecular weight is 236 g/mol. The molecule has 94 valence electrons. The molecule has 8 nitrogen and oxygen atoms in total. The monoisotopic (exact) mass is 236 g/mol. The number of rotatable bonds is 7. The zero-order valence-electron chi connectivity index (χ0n) is 9.02. The lowest BCUT2D eigenvalue weighted by Gasteiger charge is -2.18. The summed E-state index contributed by atoms with van der Waals surface area (Å²) in [7, 11) is 2.47. The minimum absolute atomic E-state index is 0.306. The first-order valence-corrected chi connectivity index (χ1v) is 4.41. The number of hydrogen-bond acceptors (Lipinski definition) is 8. The fourth-order valence-corrected chi connectivity index (χ4v) is 0.891. The van der Waals surface area contributed by atoms with E-state index in [1.165, 1.54) is 14.2 Å². The third-order valence-electron chi connectivity index (χ3n) is 1.66. The molecule has 0 aliphatic carbocycles. The number of nitrogens with zero attached hydrogens (tertiary/aromatic N) is 2. The van der Waals surface area contributed by atoms with Crippen LogP contribution in [0.15, 0.2) is 10.3 Å². The van der Waals surface area contributed by atoms with Crippen molar-refractivity contribution in [3.05, 3.63) is 0 Å². The van der Waals surface area contributed by atoms with Gasteiger partial charge in [0.25, 0.3) is 0 Å². The van der Waals surface area contributed by atoms with Gasteiger partial charge in [0, 0.05) is 0 Å². The molecule has 0 aliphatic heterocycles. The third-order valence-corrected chi connectivity index (χ3v) is 1.66. The average Bonchev–Trinajstić information content (AvgIpc) is 2.31. The van der Waals surface area contributed by atoms with Gasteiger partial charge in [-0.2, -0.15) is 0 Å². The Kier molecular flexibility index (Phi) is 7.38. The Bertz CT molecular complexity index is 245. The van der Waals surface area contributed by atoms with Crippen LogP contribution in [0.25, 0.3) is 0 Å². The first kappa shape index (κ1) is 14.8. The molecule has 0 bridgehead atoms. The molecule has 0 aliphatic rings. The van der Waals surface area contributed by atoms with Gasteiger partial charge in [0.05, 0.1) is 12.8 Å². The van der Waals surface area contributed by atoms with Crippen LogP contribution in [0.3, 0.4) is 0 Å². The van der Waals surface area contributed by atoms with Gasteiger partial charge in [0.15, 0.2) is 0 Å². The standard InChI is InChI=1S/C8H16N2O6/c1-15-9-3-5(12)8(14)7(10-16-2)6(13)4-11/h3,5-6,8,11-14H,4H2,1-2H3/b9-3+,10-7-. The lowest BCUT2D eigenvalue weighted by Crippen LogP contribution is -2.43.